The second-order valence-electron chi connectivity index (χ2n) is 7.03. The van der Waals surface area contributed by atoms with Gasteiger partial charge in [0.25, 0.3) is 0 Å². The smallest absolute Gasteiger partial charge is 0.228 e. The number of benzene rings is 2. The minimum atomic E-state index is -0.389. The molecule has 1 aromatic heterocycles. The topological polar surface area (TPSA) is 38.1 Å². The van der Waals surface area contributed by atoms with Gasteiger partial charge in [0.2, 0.25) is 5.91 Å². The van der Waals surface area contributed by atoms with Crippen LogP contribution in [-0.2, 0) is 10.5 Å². The highest BCUT2D eigenvalue weighted by atomic mass is 16.2. The Bertz CT molecular complexity index is 1000. The molecule has 0 bridgehead atoms. The van der Waals surface area contributed by atoms with Crippen molar-refractivity contribution < 1.29 is 4.79 Å². The lowest BCUT2D eigenvalue weighted by Gasteiger charge is -2.50. The number of carbonyl (C=O) groups excluding carboxylic acids is 1. The summed E-state index contributed by atoms with van der Waals surface area (Å²) in [4.78, 5) is 19.9. The van der Waals surface area contributed by atoms with Gasteiger partial charge in [-0.2, -0.15) is 0 Å². The Morgan fingerprint density at radius 1 is 1.12 bits per heavy atom. The molecule has 5 rings (SSSR count). The van der Waals surface area contributed by atoms with E-state index in [1.165, 1.54) is 0 Å². The largest absolute Gasteiger partial charge is 0.300 e. The summed E-state index contributed by atoms with van der Waals surface area (Å²) in [6, 6.07) is 14.4. The van der Waals surface area contributed by atoms with Crippen LogP contribution in [-0.4, -0.2) is 15.5 Å². The Labute approximate surface area is 140 Å². The normalized spacial score (nSPS) is 22.2. The van der Waals surface area contributed by atoms with Crippen LogP contribution in [0.4, 0.5) is 5.69 Å². The Morgan fingerprint density at radius 2 is 1.96 bits per heavy atom. The summed E-state index contributed by atoms with van der Waals surface area (Å²) in [5.74, 6) is 1.19. The summed E-state index contributed by atoms with van der Waals surface area (Å²) in [5, 5.41) is 0. The maximum atomic E-state index is 12.9. The summed E-state index contributed by atoms with van der Waals surface area (Å²) in [6.45, 7) is 4.26. The molecule has 24 heavy (non-hydrogen) atoms. The summed E-state index contributed by atoms with van der Waals surface area (Å²) in [6.07, 6.45) is 2.48. The van der Waals surface area contributed by atoms with Crippen molar-refractivity contribution in [1.82, 2.24) is 9.55 Å². The summed E-state index contributed by atoms with van der Waals surface area (Å²) in [7, 11) is 0. The fourth-order valence-electron chi connectivity index (χ4n) is 4.47. The zero-order valence-electron chi connectivity index (χ0n) is 13.9. The van der Waals surface area contributed by atoms with Gasteiger partial charge >= 0.3 is 0 Å². The number of imidazole rings is 1. The standard InChI is InChI=1S/C20H19N3O/c1-13-7-5-8-14-18(13)23-17(24)11-6-12-20(23,2)22-16-10-4-3-9-15(16)21-19(14)22/h3-5,7-10H,6,11-12H2,1-2H3. The zero-order valence-corrected chi connectivity index (χ0v) is 13.9. The average molecular weight is 317 g/mol. The number of rotatable bonds is 0. The van der Waals surface area contributed by atoms with E-state index in [2.05, 4.69) is 48.7 Å². The molecule has 4 heteroatoms. The predicted octanol–water partition coefficient (Wildman–Crippen LogP) is 4.21. The number of carbonyl (C=O) groups is 1. The van der Waals surface area contributed by atoms with Crippen LogP contribution in [0.15, 0.2) is 42.5 Å². The molecule has 1 amide bonds. The third kappa shape index (κ3) is 1.53. The molecule has 4 nitrogen and oxygen atoms in total. The van der Waals surface area contributed by atoms with E-state index < -0.39 is 0 Å². The van der Waals surface area contributed by atoms with E-state index in [1.54, 1.807) is 0 Å². The molecule has 2 aliphatic heterocycles. The van der Waals surface area contributed by atoms with E-state index in [1.807, 2.05) is 17.0 Å². The van der Waals surface area contributed by atoms with Gasteiger partial charge in [-0.05, 0) is 50.5 Å². The highest BCUT2D eigenvalue weighted by Gasteiger charge is 2.47. The monoisotopic (exact) mass is 317 g/mol. The minimum absolute atomic E-state index is 0.211. The van der Waals surface area contributed by atoms with Gasteiger partial charge in [0.15, 0.2) is 0 Å². The van der Waals surface area contributed by atoms with Crippen LogP contribution in [0.3, 0.4) is 0 Å². The summed E-state index contributed by atoms with van der Waals surface area (Å²) >= 11 is 0. The molecule has 2 aliphatic rings. The minimum Gasteiger partial charge on any atom is -0.300 e. The molecule has 0 aliphatic carbocycles. The first-order valence-corrected chi connectivity index (χ1v) is 8.52. The first kappa shape index (κ1) is 13.8. The van der Waals surface area contributed by atoms with Crippen LogP contribution in [0, 0.1) is 6.92 Å². The van der Waals surface area contributed by atoms with Crippen LogP contribution < -0.4 is 4.90 Å². The van der Waals surface area contributed by atoms with Crippen molar-refractivity contribution in [1.29, 1.82) is 0 Å². The number of fused-ring (bicyclic) bond motifs is 8. The molecule has 1 atom stereocenters. The second kappa shape index (κ2) is 4.47. The lowest BCUT2D eigenvalue weighted by Crippen LogP contribution is -2.56. The van der Waals surface area contributed by atoms with Crippen molar-refractivity contribution >= 4 is 22.6 Å². The first-order chi connectivity index (χ1) is 11.6. The van der Waals surface area contributed by atoms with Gasteiger partial charge in [-0.1, -0.05) is 24.3 Å². The Morgan fingerprint density at radius 3 is 2.83 bits per heavy atom. The highest BCUT2D eigenvalue weighted by Crippen LogP contribution is 2.50. The molecular weight excluding hydrogens is 298 g/mol. The van der Waals surface area contributed by atoms with Crippen LogP contribution in [0.5, 0.6) is 0 Å². The van der Waals surface area contributed by atoms with E-state index in [9.17, 15) is 4.79 Å². The lowest BCUT2D eigenvalue weighted by molar-refractivity contribution is -0.122. The van der Waals surface area contributed by atoms with Gasteiger partial charge in [-0.25, -0.2) is 4.98 Å². The summed E-state index contributed by atoms with van der Waals surface area (Å²) < 4.78 is 2.28. The van der Waals surface area contributed by atoms with E-state index >= 15 is 0 Å². The van der Waals surface area contributed by atoms with Crippen molar-refractivity contribution in [2.45, 2.75) is 38.8 Å². The van der Waals surface area contributed by atoms with Crippen molar-refractivity contribution in [2.75, 3.05) is 4.90 Å². The Hall–Kier alpha value is -2.62. The van der Waals surface area contributed by atoms with Gasteiger partial charge in [-0.15, -0.1) is 0 Å². The van der Waals surface area contributed by atoms with Crippen molar-refractivity contribution in [2.24, 2.45) is 0 Å². The predicted molar refractivity (Wildman–Crippen MR) is 94.9 cm³/mol. The number of aromatic nitrogens is 2. The van der Waals surface area contributed by atoms with Crippen LogP contribution in [0.25, 0.3) is 22.4 Å². The Kier molecular flexibility index (Phi) is 2.57. The number of anilines is 1. The fraction of sp³-hybridized carbons (Fsp3) is 0.300. The Balaban J connectivity index is 1.96. The number of nitrogens with zero attached hydrogens (tertiary/aromatic N) is 3. The molecule has 1 fully saturated rings. The van der Waals surface area contributed by atoms with Crippen LogP contribution in [0.1, 0.15) is 31.7 Å². The number of para-hydroxylation sites is 3. The SMILES string of the molecule is Cc1cccc2c1N1C(=O)CCCC1(C)n1c-2nc2ccccc21. The van der Waals surface area contributed by atoms with Gasteiger partial charge in [0.05, 0.1) is 16.7 Å². The number of amides is 1. The summed E-state index contributed by atoms with van der Waals surface area (Å²) in [5.41, 5.74) is 4.92. The third-order valence-corrected chi connectivity index (χ3v) is 5.52. The molecule has 0 spiro atoms. The van der Waals surface area contributed by atoms with Crippen LogP contribution in [0.2, 0.25) is 0 Å². The van der Waals surface area contributed by atoms with Crippen molar-refractivity contribution in [3.63, 3.8) is 0 Å². The number of hydrogen-bond acceptors (Lipinski definition) is 2. The number of piperidine rings is 1. The molecule has 0 radical (unpaired) electrons. The van der Waals surface area contributed by atoms with Gasteiger partial charge in [0.1, 0.15) is 11.5 Å². The van der Waals surface area contributed by atoms with Crippen molar-refractivity contribution in [3.05, 3.63) is 48.0 Å². The van der Waals surface area contributed by atoms with Crippen LogP contribution >= 0.6 is 0 Å². The quantitative estimate of drug-likeness (QED) is 0.623. The number of aryl methyl sites for hydroxylation is 1. The van der Waals surface area contributed by atoms with Gasteiger partial charge in [0, 0.05) is 12.0 Å². The molecule has 0 N–H and O–H groups in total. The van der Waals surface area contributed by atoms with E-state index in [4.69, 9.17) is 4.98 Å². The molecule has 3 heterocycles. The molecule has 1 unspecified atom stereocenters. The average Bonchev–Trinajstić information content (AvgIpc) is 2.96. The van der Waals surface area contributed by atoms with E-state index in [-0.39, 0.29) is 11.6 Å². The third-order valence-electron chi connectivity index (χ3n) is 5.52. The fourth-order valence-corrected chi connectivity index (χ4v) is 4.47. The van der Waals surface area contributed by atoms with Crippen molar-refractivity contribution in [3.8, 4) is 11.4 Å². The van der Waals surface area contributed by atoms with Gasteiger partial charge < -0.3 is 0 Å². The molecule has 2 aromatic carbocycles. The first-order valence-electron chi connectivity index (χ1n) is 8.52. The van der Waals surface area contributed by atoms with E-state index in [0.29, 0.717) is 6.42 Å². The lowest BCUT2D eigenvalue weighted by atomic mass is 9.89. The van der Waals surface area contributed by atoms with Gasteiger partial charge in [-0.3, -0.25) is 14.3 Å². The maximum Gasteiger partial charge on any atom is 0.228 e. The molecule has 0 saturated carbocycles. The zero-order chi connectivity index (χ0) is 16.5. The molecule has 1 saturated heterocycles. The van der Waals surface area contributed by atoms with E-state index in [0.717, 1.165) is 46.5 Å². The molecular formula is C20H19N3O. The molecule has 120 valence electrons. The highest BCUT2D eigenvalue weighted by molar-refractivity contribution is 6.02. The number of hydrogen-bond donors (Lipinski definition) is 0. The maximum absolute atomic E-state index is 12.9. The molecule has 3 aromatic rings. The second-order valence-corrected chi connectivity index (χ2v) is 7.03.